The van der Waals surface area contributed by atoms with Crippen molar-refractivity contribution < 1.29 is 4.74 Å². The summed E-state index contributed by atoms with van der Waals surface area (Å²) in [5.41, 5.74) is 0. The lowest BCUT2D eigenvalue weighted by Gasteiger charge is -2.15. The molecule has 0 saturated carbocycles. The minimum atomic E-state index is -0.977. The molecule has 0 unspecified atom stereocenters. The van der Waals surface area contributed by atoms with Crippen LogP contribution >= 0.6 is 0 Å². The third-order valence-electron chi connectivity index (χ3n) is 1.93. The van der Waals surface area contributed by atoms with Gasteiger partial charge in [-0.15, -0.1) is 0 Å². The van der Waals surface area contributed by atoms with Crippen molar-refractivity contribution in [1.29, 1.82) is 5.41 Å². The average Bonchev–Trinajstić information content (AvgIpc) is 2.14. The zero-order valence-electron chi connectivity index (χ0n) is 10.3. The molecule has 0 heterocycles. The monoisotopic (exact) mass is 229 g/mol. The van der Waals surface area contributed by atoms with Crippen LogP contribution in [0.1, 0.15) is 13.3 Å². The summed E-state index contributed by atoms with van der Waals surface area (Å²) in [7, 11) is -0.977. The smallest absolute Gasteiger partial charge is 0.117 e. The van der Waals surface area contributed by atoms with Crippen LogP contribution in [0.4, 0.5) is 0 Å². The first-order valence-electron chi connectivity index (χ1n) is 5.37. The van der Waals surface area contributed by atoms with Crippen LogP contribution in [0.5, 0.6) is 0 Å². The lowest BCUT2D eigenvalue weighted by atomic mass is 10.4. The van der Waals surface area contributed by atoms with Gasteiger partial charge in [-0.25, -0.2) is 4.99 Å². The molecule has 0 aliphatic heterocycles. The number of amidine groups is 1. The Hall–Kier alpha value is -0.683. The van der Waals surface area contributed by atoms with Gasteiger partial charge in [0.1, 0.15) is 18.9 Å². The molecule has 15 heavy (non-hydrogen) atoms. The molecule has 2 N–H and O–H groups in total. The average molecular weight is 229 g/mol. The molecule has 4 nitrogen and oxygen atoms in total. The predicted octanol–water partition coefficient (Wildman–Crippen LogP) is 2.30. The van der Waals surface area contributed by atoms with Crippen LogP contribution in [-0.4, -0.2) is 33.6 Å². The van der Waals surface area contributed by atoms with Gasteiger partial charge in [0, 0.05) is 21.1 Å². The molecular formula is C10H23N3OSi. The molecule has 0 bridgehead atoms. The Morgan fingerprint density at radius 1 is 1.47 bits per heavy atom. The number of nitrogens with zero attached hydrogens (tertiary/aromatic N) is 1. The number of rotatable bonds is 7. The Morgan fingerprint density at radius 2 is 2.13 bits per heavy atom. The maximum atomic E-state index is 6.85. The molecule has 0 radical (unpaired) electrons. The van der Waals surface area contributed by atoms with E-state index in [9.17, 15) is 0 Å². The molecule has 0 rings (SSSR count). The molecule has 0 aromatic rings. The summed E-state index contributed by atoms with van der Waals surface area (Å²) in [5.74, 6) is 0.804. The van der Waals surface area contributed by atoms with Gasteiger partial charge in [-0.3, -0.25) is 5.41 Å². The van der Waals surface area contributed by atoms with E-state index in [1.807, 2.05) is 6.92 Å². The Bertz CT molecular complexity index is 211. The van der Waals surface area contributed by atoms with E-state index < -0.39 is 8.07 Å². The van der Waals surface area contributed by atoms with E-state index in [1.54, 1.807) is 0 Å². The summed E-state index contributed by atoms with van der Waals surface area (Å²) in [6, 6.07) is 1.18. The van der Waals surface area contributed by atoms with Gasteiger partial charge in [0.2, 0.25) is 0 Å². The Morgan fingerprint density at radius 3 is 2.60 bits per heavy atom. The van der Waals surface area contributed by atoms with Crippen molar-refractivity contribution in [2.45, 2.75) is 39.0 Å². The predicted molar refractivity (Wildman–Crippen MR) is 68.6 cm³/mol. The van der Waals surface area contributed by atoms with Crippen molar-refractivity contribution in [1.82, 2.24) is 5.32 Å². The minimum Gasteiger partial charge on any atom is -0.362 e. The van der Waals surface area contributed by atoms with Gasteiger partial charge in [-0.05, 0) is 6.04 Å². The van der Waals surface area contributed by atoms with Gasteiger partial charge in [0.05, 0.1) is 0 Å². The molecule has 0 spiro atoms. The van der Waals surface area contributed by atoms with Gasteiger partial charge in [0.15, 0.2) is 0 Å². The summed E-state index contributed by atoms with van der Waals surface area (Å²) in [6.07, 6.45) is 1.85. The fraction of sp³-hybridized carbons (Fsp3) is 0.800. The van der Waals surface area contributed by atoms with E-state index in [1.165, 1.54) is 6.04 Å². The van der Waals surface area contributed by atoms with Gasteiger partial charge in [-0.2, -0.15) is 0 Å². The van der Waals surface area contributed by atoms with E-state index in [-0.39, 0.29) is 0 Å². The molecule has 0 aliphatic rings. The SMILES string of the molecule is CC/C(=N\C=N)NCOCC[Si](C)(C)C. The topological polar surface area (TPSA) is 57.5 Å². The first kappa shape index (κ1) is 14.3. The van der Waals surface area contributed by atoms with Crippen LogP contribution in [0.3, 0.4) is 0 Å². The molecule has 0 fully saturated rings. The molecular weight excluding hydrogens is 206 g/mol. The highest BCUT2D eigenvalue weighted by Gasteiger charge is 2.11. The Balaban J connectivity index is 3.53. The molecule has 5 heteroatoms. The second-order valence-corrected chi connectivity index (χ2v) is 10.2. The highest BCUT2D eigenvalue weighted by molar-refractivity contribution is 6.76. The molecule has 0 atom stereocenters. The van der Waals surface area contributed by atoms with E-state index in [0.29, 0.717) is 6.73 Å². The Labute approximate surface area is 93.6 Å². The zero-order valence-corrected chi connectivity index (χ0v) is 11.3. The summed E-state index contributed by atoms with van der Waals surface area (Å²) in [5, 5.41) is 9.90. The van der Waals surface area contributed by atoms with Crippen molar-refractivity contribution >= 4 is 20.2 Å². The maximum Gasteiger partial charge on any atom is 0.117 e. The highest BCUT2D eigenvalue weighted by Crippen LogP contribution is 2.06. The standard InChI is InChI=1S/C10H23N3OSi/c1-5-10(12-8-11)13-9-14-6-7-15(2,3)4/h8H,5-7,9H2,1-4H3,(H2,11,12,13). The van der Waals surface area contributed by atoms with E-state index in [2.05, 4.69) is 30.0 Å². The summed E-state index contributed by atoms with van der Waals surface area (Å²) in [4.78, 5) is 3.86. The number of hydrogen-bond acceptors (Lipinski definition) is 2. The summed E-state index contributed by atoms with van der Waals surface area (Å²) < 4.78 is 5.46. The second-order valence-electron chi connectivity index (χ2n) is 4.60. The number of nitrogens with one attached hydrogen (secondary N) is 2. The quantitative estimate of drug-likeness (QED) is 0.231. The van der Waals surface area contributed by atoms with Gasteiger partial charge >= 0.3 is 0 Å². The van der Waals surface area contributed by atoms with Crippen LogP contribution in [0.25, 0.3) is 0 Å². The largest absolute Gasteiger partial charge is 0.362 e. The lowest BCUT2D eigenvalue weighted by molar-refractivity contribution is 0.141. The van der Waals surface area contributed by atoms with E-state index >= 15 is 0 Å². The third kappa shape index (κ3) is 9.62. The lowest BCUT2D eigenvalue weighted by Crippen LogP contribution is -2.28. The van der Waals surface area contributed by atoms with E-state index in [0.717, 1.165) is 25.2 Å². The third-order valence-corrected chi connectivity index (χ3v) is 3.63. The van der Waals surface area contributed by atoms with Crippen LogP contribution in [0, 0.1) is 5.41 Å². The molecule has 0 aromatic carbocycles. The minimum absolute atomic E-state index is 0.491. The second kappa shape index (κ2) is 7.59. The molecule has 0 saturated heterocycles. The summed E-state index contributed by atoms with van der Waals surface area (Å²) >= 11 is 0. The first-order valence-corrected chi connectivity index (χ1v) is 9.07. The first-order chi connectivity index (χ1) is 6.99. The molecule has 88 valence electrons. The van der Waals surface area contributed by atoms with Crippen LogP contribution in [-0.2, 0) is 4.74 Å². The number of ether oxygens (including phenoxy) is 1. The van der Waals surface area contributed by atoms with Crippen molar-refractivity contribution in [3.8, 4) is 0 Å². The highest BCUT2D eigenvalue weighted by atomic mass is 28.3. The van der Waals surface area contributed by atoms with Crippen molar-refractivity contribution in [3.05, 3.63) is 0 Å². The number of hydrogen-bond donors (Lipinski definition) is 2. The fourth-order valence-corrected chi connectivity index (χ4v) is 1.68. The Kier molecular flexibility index (Phi) is 7.24. The molecule has 0 aromatic heterocycles. The van der Waals surface area contributed by atoms with Gasteiger partial charge < -0.3 is 10.1 Å². The molecule has 0 amide bonds. The van der Waals surface area contributed by atoms with E-state index in [4.69, 9.17) is 10.1 Å². The van der Waals surface area contributed by atoms with Crippen molar-refractivity contribution in [3.63, 3.8) is 0 Å². The molecule has 0 aliphatic carbocycles. The van der Waals surface area contributed by atoms with Crippen LogP contribution < -0.4 is 5.32 Å². The normalized spacial score (nSPS) is 12.7. The maximum absolute atomic E-state index is 6.85. The van der Waals surface area contributed by atoms with Crippen LogP contribution in [0.15, 0.2) is 4.99 Å². The summed E-state index contributed by atoms with van der Waals surface area (Å²) in [6.45, 7) is 10.3. The van der Waals surface area contributed by atoms with Crippen molar-refractivity contribution in [2.75, 3.05) is 13.3 Å². The van der Waals surface area contributed by atoms with Gasteiger partial charge in [0.25, 0.3) is 0 Å². The zero-order chi connectivity index (χ0) is 11.7. The van der Waals surface area contributed by atoms with Crippen molar-refractivity contribution in [2.24, 2.45) is 4.99 Å². The van der Waals surface area contributed by atoms with Gasteiger partial charge in [-0.1, -0.05) is 26.6 Å². The number of aliphatic imine (C=N–C) groups is 1. The van der Waals surface area contributed by atoms with Crippen LogP contribution in [0.2, 0.25) is 25.7 Å². The fourth-order valence-electron chi connectivity index (χ4n) is 0.925.